The third-order valence-electron chi connectivity index (χ3n) is 4.39. The van der Waals surface area contributed by atoms with Crippen molar-refractivity contribution in [1.82, 2.24) is 4.90 Å². The van der Waals surface area contributed by atoms with Crippen molar-refractivity contribution in [3.8, 4) is 0 Å². The lowest BCUT2D eigenvalue weighted by Gasteiger charge is -2.30. The van der Waals surface area contributed by atoms with Gasteiger partial charge in [-0.1, -0.05) is 0 Å². The molecule has 1 fully saturated rings. The topological polar surface area (TPSA) is 94.2 Å². The number of hydrogen-bond acceptors (Lipinski definition) is 5. The molecule has 1 aromatic carbocycles. The van der Waals surface area contributed by atoms with Gasteiger partial charge < -0.3 is 14.5 Å². The zero-order valence-electron chi connectivity index (χ0n) is 12.8. The number of non-ortho nitro benzene ring substituents is 1. The maximum atomic E-state index is 12.4. The Kier molecular flexibility index (Phi) is 3.99. The van der Waals surface area contributed by atoms with Gasteiger partial charge in [-0.25, -0.2) is 4.79 Å². The molecule has 23 heavy (non-hydrogen) atoms. The third kappa shape index (κ3) is 3.02. The van der Waals surface area contributed by atoms with E-state index in [-0.39, 0.29) is 23.6 Å². The van der Waals surface area contributed by atoms with Gasteiger partial charge in [-0.15, -0.1) is 0 Å². The molecule has 0 bridgehead atoms. The Hall–Kier alpha value is -2.48. The van der Waals surface area contributed by atoms with Crippen molar-refractivity contribution in [2.75, 3.05) is 33.2 Å². The summed E-state index contributed by atoms with van der Waals surface area (Å²) < 4.78 is 5.23. The lowest BCUT2D eigenvalue weighted by molar-refractivity contribution is -0.883. The Morgan fingerprint density at radius 2 is 2.13 bits per heavy atom. The minimum Gasteiger partial charge on any atom is -0.453 e. The number of fused-ring (bicyclic) bond motifs is 1. The summed E-state index contributed by atoms with van der Waals surface area (Å²) in [4.78, 5) is 37.7. The van der Waals surface area contributed by atoms with Gasteiger partial charge in [-0.3, -0.25) is 14.9 Å². The second-order valence-corrected chi connectivity index (χ2v) is 5.96. The summed E-state index contributed by atoms with van der Waals surface area (Å²) in [6, 6.07) is 4.04. The number of amides is 1. The Labute approximate surface area is 132 Å². The molecule has 2 heterocycles. The summed E-state index contributed by atoms with van der Waals surface area (Å²) in [6.45, 7) is 3.19. The number of nitrogens with zero attached hydrogens (tertiary/aromatic N) is 2. The molecule has 0 spiro atoms. The lowest BCUT2D eigenvalue weighted by atomic mass is 10.0. The number of piperazine rings is 1. The number of esters is 1. The van der Waals surface area contributed by atoms with Gasteiger partial charge in [0.05, 0.1) is 50.1 Å². The van der Waals surface area contributed by atoms with Crippen LogP contribution in [-0.2, 0) is 9.53 Å². The van der Waals surface area contributed by atoms with Crippen LogP contribution >= 0.6 is 0 Å². The molecule has 8 heteroatoms. The lowest BCUT2D eigenvalue weighted by Crippen LogP contribution is -3.12. The molecule has 1 saturated heterocycles. The van der Waals surface area contributed by atoms with Gasteiger partial charge >= 0.3 is 5.97 Å². The number of carbonyl (C=O) groups is 2. The first-order valence-electron chi connectivity index (χ1n) is 7.54. The number of nitro groups is 1. The predicted molar refractivity (Wildman–Crippen MR) is 79.1 cm³/mol. The zero-order chi connectivity index (χ0) is 16.6. The number of likely N-dealkylation sites (N-methyl/N-ethyl adjacent to an activating group) is 1. The van der Waals surface area contributed by atoms with Crippen molar-refractivity contribution in [2.45, 2.75) is 12.5 Å². The maximum Gasteiger partial charge on any atom is 0.339 e. The number of carbonyl (C=O) groups excluding carboxylic acids is 2. The van der Waals surface area contributed by atoms with E-state index in [1.807, 2.05) is 0 Å². The fourth-order valence-electron chi connectivity index (χ4n) is 2.95. The quantitative estimate of drug-likeness (QED) is 0.463. The molecule has 2 aliphatic heterocycles. The predicted octanol–water partition coefficient (Wildman–Crippen LogP) is -0.447. The van der Waals surface area contributed by atoms with E-state index in [9.17, 15) is 19.7 Å². The highest BCUT2D eigenvalue weighted by Gasteiger charge is 2.35. The number of quaternary nitrogens is 1. The average molecular weight is 320 g/mol. The Bertz CT molecular complexity index is 667. The summed E-state index contributed by atoms with van der Waals surface area (Å²) >= 11 is 0. The van der Waals surface area contributed by atoms with Crippen LogP contribution in [0.15, 0.2) is 18.2 Å². The van der Waals surface area contributed by atoms with Gasteiger partial charge in [-0.05, 0) is 6.07 Å². The van der Waals surface area contributed by atoms with Gasteiger partial charge in [0.15, 0.2) is 0 Å². The van der Waals surface area contributed by atoms with E-state index >= 15 is 0 Å². The van der Waals surface area contributed by atoms with Crippen molar-refractivity contribution >= 4 is 17.6 Å². The largest absolute Gasteiger partial charge is 0.453 e. The molecule has 1 amide bonds. The summed E-state index contributed by atoms with van der Waals surface area (Å²) in [7, 11) is 2.09. The Morgan fingerprint density at radius 1 is 1.43 bits per heavy atom. The van der Waals surface area contributed by atoms with Crippen LogP contribution in [0, 0.1) is 10.1 Å². The summed E-state index contributed by atoms with van der Waals surface area (Å²) in [5.74, 6) is -0.661. The molecule has 0 saturated carbocycles. The first kappa shape index (κ1) is 15.4. The molecule has 122 valence electrons. The monoisotopic (exact) mass is 320 g/mol. The number of ether oxygens (including phenoxy) is 1. The fourth-order valence-corrected chi connectivity index (χ4v) is 2.95. The van der Waals surface area contributed by atoms with E-state index < -0.39 is 17.0 Å². The van der Waals surface area contributed by atoms with Crippen molar-refractivity contribution in [1.29, 1.82) is 0 Å². The number of nitro benzene ring substituents is 1. The zero-order valence-corrected chi connectivity index (χ0v) is 12.8. The number of benzene rings is 1. The van der Waals surface area contributed by atoms with Crippen LogP contribution in [-0.4, -0.2) is 54.9 Å². The smallest absolute Gasteiger partial charge is 0.339 e. The molecule has 2 aliphatic rings. The summed E-state index contributed by atoms with van der Waals surface area (Å²) in [6.07, 6.45) is -0.576. The van der Waals surface area contributed by atoms with E-state index in [1.165, 1.54) is 23.1 Å². The first-order chi connectivity index (χ1) is 11.0. The average Bonchev–Trinajstić information content (AvgIpc) is 2.83. The van der Waals surface area contributed by atoms with E-state index in [4.69, 9.17) is 4.74 Å². The fraction of sp³-hybridized carbons (Fsp3) is 0.467. The Morgan fingerprint density at radius 3 is 2.78 bits per heavy atom. The highest BCUT2D eigenvalue weighted by molar-refractivity contribution is 5.95. The molecule has 0 unspecified atom stereocenters. The second-order valence-electron chi connectivity index (χ2n) is 5.96. The minimum atomic E-state index is -0.655. The van der Waals surface area contributed by atoms with E-state index in [2.05, 4.69) is 7.05 Å². The van der Waals surface area contributed by atoms with Crippen LogP contribution in [0.2, 0.25) is 0 Å². The number of hydrogen-bond donors (Lipinski definition) is 1. The van der Waals surface area contributed by atoms with Crippen LogP contribution in [0.5, 0.6) is 0 Å². The summed E-state index contributed by atoms with van der Waals surface area (Å²) in [5.41, 5.74) is 0.572. The van der Waals surface area contributed by atoms with E-state index in [0.717, 1.165) is 13.1 Å². The van der Waals surface area contributed by atoms with Gasteiger partial charge in [-0.2, -0.15) is 0 Å². The van der Waals surface area contributed by atoms with Crippen molar-refractivity contribution in [2.24, 2.45) is 0 Å². The van der Waals surface area contributed by atoms with Gasteiger partial charge in [0.2, 0.25) is 5.91 Å². The second kappa shape index (κ2) is 5.96. The number of cyclic esters (lactones) is 1. The standard InChI is InChI=1S/C15H17N3O5/c1-16-4-6-17(7-5-16)14(19)9-13-11-3-2-10(18(21)22)8-12(11)15(20)23-13/h2-3,8,13H,4-7,9H2,1H3/p+1/t13-/m0/s1. The van der Waals surface area contributed by atoms with Crippen LogP contribution < -0.4 is 4.90 Å². The highest BCUT2D eigenvalue weighted by Crippen LogP contribution is 2.35. The van der Waals surface area contributed by atoms with E-state index in [0.29, 0.717) is 18.7 Å². The molecule has 1 N–H and O–H groups in total. The van der Waals surface area contributed by atoms with Crippen LogP contribution in [0.1, 0.15) is 28.4 Å². The van der Waals surface area contributed by atoms with Crippen molar-refractivity contribution in [3.63, 3.8) is 0 Å². The third-order valence-corrected chi connectivity index (χ3v) is 4.39. The molecule has 8 nitrogen and oxygen atoms in total. The van der Waals surface area contributed by atoms with Crippen LogP contribution in [0.4, 0.5) is 5.69 Å². The Balaban J connectivity index is 1.73. The van der Waals surface area contributed by atoms with Crippen LogP contribution in [0.25, 0.3) is 0 Å². The summed E-state index contributed by atoms with van der Waals surface area (Å²) in [5, 5.41) is 10.8. The molecule has 3 rings (SSSR count). The molecular formula is C15H18N3O5+. The SMILES string of the molecule is C[NH+]1CCN(C(=O)C[C@@H]2OC(=O)c3cc([N+](=O)[O-])ccc32)CC1. The highest BCUT2D eigenvalue weighted by atomic mass is 16.6. The van der Waals surface area contributed by atoms with E-state index in [1.54, 1.807) is 4.90 Å². The molecule has 0 aliphatic carbocycles. The first-order valence-corrected chi connectivity index (χ1v) is 7.54. The number of nitrogens with one attached hydrogen (secondary N) is 1. The molecule has 0 radical (unpaired) electrons. The molecule has 1 atom stereocenters. The normalized spacial score (nSPS) is 21.0. The number of rotatable bonds is 3. The van der Waals surface area contributed by atoms with Crippen molar-refractivity contribution < 1.29 is 24.1 Å². The van der Waals surface area contributed by atoms with Gasteiger partial charge in [0, 0.05) is 17.7 Å². The molecule has 0 aromatic heterocycles. The molecule has 1 aromatic rings. The van der Waals surface area contributed by atoms with Crippen molar-refractivity contribution in [3.05, 3.63) is 39.4 Å². The minimum absolute atomic E-state index is 0.0542. The van der Waals surface area contributed by atoms with Gasteiger partial charge in [0.25, 0.3) is 5.69 Å². The van der Waals surface area contributed by atoms with Gasteiger partial charge in [0.1, 0.15) is 6.10 Å². The molecular weight excluding hydrogens is 302 g/mol. The van der Waals surface area contributed by atoms with Crippen LogP contribution in [0.3, 0.4) is 0 Å². The maximum absolute atomic E-state index is 12.4.